The molecular formula is C22H20F4N4O. The molecule has 1 aromatic heterocycles. The van der Waals surface area contributed by atoms with Crippen molar-refractivity contribution in [2.45, 2.75) is 44.3 Å². The summed E-state index contributed by atoms with van der Waals surface area (Å²) < 4.78 is 55.5. The van der Waals surface area contributed by atoms with Gasteiger partial charge in [0.2, 0.25) is 0 Å². The Hall–Kier alpha value is -3.23. The van der Waals surface area contributed by atoms with Gasteiger partial charge in [-0.05, 0) is 47.6 Å². The number of carbonyl (C=O) groups is 1. The lowest BCUT2D eigenvalue weighted by Crippen LogP contribution is -2.36. The third-order valence-corrected chi connectivity index (χ3v) is 5.64. The number of rotatable bonds is 3. The van der Waals surface area contributed by atoms with E-state index in [0.717, 1.165) is 29.7 Å². The quantitative estimate of drug-likeness (QED) is 0.595. The number of aromatic nitrogens is 3. The number of amides is 1. The highest BCUT2D eigenvalue weighted by Crippen LogP contribution is 2.41. The number of carbonyl (C=O) groups excluding carboxylic acids is 1. The van der Waals surface area contributed by atoms with Gasteiger partial charge in [-0.25, -0.2) is 9.07 Å². The molecule has 0 bridgehead atoms. The zero-order valence-corrected chi connectivity index (χ0v) is 16.9. The van der Waals surface area contributed by atoms with E-state index in [1.807, 2.05) is 24.3 Å². The fraction of sp³-hybridized carbons (Fsp3) is 0.318. The Balaban J connectivity index is 1.70. The maximum atomic E-state index is 13.8. The van der Waals surface area contributed by atoms with Gasteiger partial charge in [0, 0.05) is 0 Å². The lowest BCUT2D eigenvalue weighted by molar-refractivity contribution is -0.143. The van der Waals surface area contributed by atoms with E-state index >= 15 is 0 Å². The number of halogens is 4. The highest BCUT2D eigenvalue weighted by molar-refractivity contribution is 5.94. The summed E-state index contributed by atoms with van der Waals surface area (Å²) in [6, 6.07) is 11.6. The Morgan fingerprint density at radius 3 is 2.61 bits per heavy atom. The summed E-state index contributed by atoms with van der Waals surface area (Å²) in [5.74, 6) is -1.71. The second kappa shape index (κ2) is 7.47. The van der Waals surface area contributed by atoms with Gasteiger partial charge in [-0.15, -0.1) is 5.10 Å². The smallest absolute Gasteiger partial charge is 0.344 e. The summed E-state index contributed by atoms with van der Waals surface area (Å²) in [4.78, 5) is 12.9. The number of nitrogens with zero attached hydrogens (tertiary/aromatic N) is 3. The number of hydrogen-bond donors (Lipinski definition) is 1. The van der Waals surface area contributed by atoms with Crippen LogP contribution in [0.15, 0.2) is 48.5 Å². The molecule has 2 aromatic carbocycles. The fourth-order valence-corrected chi connectivity index (χ4v) is 4.07. The molecule has 0 fully saturated rings. The average molecular weight is 432 g/mol. The van der Waals surface area contributed by atoms with Gasteiger partial charge in [-0.1, -0.05) is 49.4 Å². The third-order valence-electron chi connectivity index (χ3n) is 5.64. The van der Waals surface area contributed by atoms with Gasteiger partial charge in [0.05, 0.1) is 11.7 Å². The van der Waals surface area contributed by atoms with Gasteiger partial charge in [-0.2, -0.15) is 13.2 Å². The molecule has 0 aliphatic heterocycles. The molecule has 0 saturated heterocycles. The maximum Gasteiger partial charge on any atom is 0.435 e. The molecule has 162 valence electrons. The van der Waals surface area contributed by atoms with Crippen LogP contribution in [0.3, 0.4) is 0 Å². The Morgan fingerprint density at radius 1 is 1.16 bits per heavy atom. The second-order valence-corrected chi connectivity index (χ2v) is 8.21. The minimum absolute atomic E-state index is 0.102. The van der Waals surface area contributed by atoms with Crippen LogP contribution in [-0.4, -0.2) is 20.9 Å². The first kappa shape index (κ1) is 21.0. The second-order valence-electron chi connectivity index (χ2n) is 8.21. The van der Waals surface area contributed by atoms with Crippen LogP contribution in [-0.2, 0) is 11.6 Å². The monoisotopic (exact) mass is 432 g/mol. The normalized spacial score (nSPS) is 17.8. The van der Waals surface area contributed by atoms with E-state index < -0.39 is 35.3 Å². The van der Waals surface area contributed by atoms with E-state index in [0.29, 0.717) is 11.1 Å². The van der Waals surface area contributed by atoms with Gasteiger partial charge in [0.25, 0.3) is 5.91 Å². The van der Waals surface area contributed by atoms with Gasteiger partial charge in [-0.3, -0.25) is 4.79 Å². The van der Waals surface area contributed by atoms with Crippen LogP contribution in [0.1, 0.15) is 60.0 Å². The van der Waals surface area contributed by atoms with E-state index in [9.17, 15) is 22.4 Å². The summed E-state index contributed by atoms with van der Waals surface area (Å²) >= 11 is 0. The average Bonchev–Trinajstić information content (AvgIpc) is 3.16. The van der Waals surface area contributed by atoms with Crippen molar-refractivity contribution in [3.8, 4) is 5.69 Å². The molecule has 1 N–H and O–H groups in total. The first-order valence-corrected chi connectivity index (χ1v) is 9.77. The SMILES string of the molecule is CC1(C)CCC(NC(=O)c2nnn(-c3cccc(F)c3)c2C(F)(F)F)c2ccccc21. The van der Waals surface area contributed by atoms with E-state index in [1.54, 1.807) is 0 Å². The van der Waals surface area contributed by atoms with Crippen molar-refractivity contribution in [3.05, 3.63) is 76.9 Å². The molecule has 1 amide bonds. The Kier molecular flexibility index (Phi) is 5.07. The predicted molar refractivity (Wildman–Crippen MR) is 105 cm³/mol. The van der Waals surface area contributed by atoms with E-state index in [4.69, 9.17) is 0 Å². The van der Waals surface area contributed by atoms with Crippen molar-refractivity contribution in [3.63, 3.8) is 0 Å². The Morgan fingerprint density at radius 2 is 1.90 bits per heavy atom. The molecule has 0 radical (unpaired) electrons. The van der Waals surface area contributed by atoms with Crippen LogP contribution in [0.25, 0.3) is 5.69 Å². The van der Waals surface area contributed by atoms with Crippen molar-refractivity contribution < 1.29 is 22.4 Å². The Bertz CT molecular complexity index is 1140. The zero-order chi connectivity index (χ0) is 22.4. The molecule has 1 aliphatic rings. The molecule has 3 aromatic rings. The van der Waals surface area contributed by atoms with Crippen LogP contribution in [0.4, 0.5) is 17.6 Å². The molecule has 1 heterocycles. The zero-order valence-electron chi connectivity index (χ0n) is 16.9. The van der Waals surface area contributed by atoms with E-state index in [1.165, 1.54) is 12.1 Å². The van der Waals surface area contributed by atoms with Crippen LogP contribution < -0.4 is 5.32 Å². The lowest BCUT2D eigenvalue weighted by atomic mass is 9.71. The van der Waals surface area contributed by atoms with Crippen molar-refractivity contribution in [2.75, 3.05) is 0 Å². The number of benzene rings is 2. The molecule has 1 atom stereocenters. The summed E-state index contributed by atoms with van der Waals surface area (Å²) in [5, 5.41) is 9.68. The van der Waals surface area contributed by atoms with Crippen molar-refractivity contribution >= 4 is 5.91 Å². The molecule has 0 saturated carbocycles. The number of hydrogen-bond acceptors (Lipinski definition) is 3. The third kappa shape index (κ3) is 3.92. The van der Waals surface area contributed by atoms with Gasteiger partial charge >= 0.3 is 6.18 Å². The van der Waals surface area contributed by atoms with E-state index in [2.05, 4.69) is 29.5 Å². The molecule has 1 unspecified atom stereocenters. The van der Waals surface area contributed by atoms with Crippen LogP contribution in [0.5, 0.6) is 0 Å². The minimum Gasteiger partial charge on any atom is -0.344 e. The van der Waals surface area contributed by atoms with Gasteiger partial charge < -0.3 is 5.32 Å². The van der Waals surface area contributed by atoms with Crippen LogP contribution in [0.2, 0.25) is 0 Å². The first-order valence-electron chi connectivity index (χ1n) is 9.77. The molecule has 5 nitrogen and oxygen atoms in total. The number of fused-ring (bicyclic) bond motifs is 1. The van der Waals surface area contributed by atoms with Crippen molar-refractivity contribution in [1.29, 1.82) is 0 Å². The molecule has 0 spiro atoms. The van der Waals surface area contributed by atoms with Crippen molar-refractivity contribution in [1.82, 2.24) is 20.3 Å². The fourth-order valence-electron chi connectivity index (χ4n) is 4.07. The van der Waals surface area contributed by atoms with Crippen LogP contribution in [0, 0.1) is 5.82 Å². The maximum absolute atomic E-state index is 13.8. The van der Waals surface area contributed by atoms with Gasteiger partial charge in [0.1, 0.15) is 5.82 Å². The number of alkyl halides is 3. The highest BCUT2D eigenvalue weighted by atomic mass is 19.4. The summed E-state index contributed by atoms with van der Waals surface area (Å²) in [6.07, 6.45) is -3.58. The van der Waals surface area contributed by atoms with Crippen molar-refractivity contribution in [2.24, 2.45) is 0 Å². The summed E-state index contributed by atoms with van der Waals surface area (Å²) in [5.41, 5.74) is -0.554. The largest absolute Gasteiger partial charge is 0.435 e. The molecule has 31 heavy (non-hydrogen) atoms. The summed E-state index contributed by atoms with van der Waals surface area (Å²) in [6.45, 7) is 4.19. The number of nitrogens with one attached hydrogen (secondary N) is 1. The molecule has 9 heteroatoms. The lowest BCUT2D eigenvalue weighted by Gasteiger charge is -2.37. The first-order chi connectivity index (χ1) is 14.6. The summed E-state index contributed by atoms with van der Waals surface area (Å²) in [7, 11) is 0. The highest BCUT2D eigenvalue weighted by Gasteiger charge is 2.43. The topological polar surface area (TPSA) is 59.8 Å². The standard InChI is InChI=1S/C22H20F4N4O/c1-21(2)11-10-17(15-8-3-4-9-16(15)21)27-20(31)18-19(22(24,25)26)30(29-28-18)14-7-5-6-13(23)12-14/h3-9,12,17H,10-11H2,1-2H3,(H,27,31). The molecule has 1 aliphatic carbocycles. The molecule has 4 rings (SSSR count). The van der Waals surface area contributed by atoms with Gasteiger partial charge in [0.15, 0.2) is 11.4 Å². The molecular weight excluding hydrogens is 412 g/mol. The Labute approximate surface area is 176 Å². The predicted octanol–water partition coefficient (Wildman–Crippen LogP) is 4.97. The van der Waals surface area contributed by atoms with E-state index in [-0.39, 0.29) is 11.1 Å². The van der Waals surface area contributed by atoms with Crippen LogP contribution >= 0.6 is 0 Å². The minimum atomic E-state index is -4.92.